The molecule has 0 bridgehead atoms. The van der Waals surface area contributed by atoms with E-state index in [-0.39, 0.29) is 6.04 Å². The molecule has 3 atom stereocenters. The molecule has 0 fully saturated rings. The van der Waals surface area contributed by atoms with Gasteiger partial charge in [-0.1, -0.05) is 0 Å². The van der Waals surface area contributed by atoms with Crippen molar-refractivity contribution in [2.75, 3.05) is 0 Å². The third-order valence-corrected chi connectivity index (χ3v) is 3.39. The van der Waals surface area contributed by atoms with Crippen molar-refractivity contribution in [3.63, 3.8) is 0 Å². The fourth-order valence-electron chi connectivity index (χ4n) is 1.94. The van der Waals surface area contributed by atoms with Gasteiger partial charge >= 0.3 is 12.0 Å². The number of urea groups is 1. The maximum atomic E-state index is 11.8. The highest BCUT2D eigenvalue weighted by Gasteiger charge is 2.22. The molecule has 0 radical (unpaired) electrons. The number of nitrogens with one attached hydrogen (secondary N) is 2. The largest absolute Gasteiger partial charge is 0.481 e. The van der Waals surface area contributed by atoms with E-state index >= 15 is 0 Å². The first-order chi connectivity index (χ1) is 9.22. The van der Waals surface area contributed by atoms with Crippen molar-refractivity contribution in [2.45, 2.75) is 46.7 Å². The van der Waals surface area contributed by atoms with Gasteiger partial charge in [0.2, 0.25) is 0 Å². The van der Waals surface area contributed by atoms with Gasteiger partial charge in [0.15, 0.2) is 0 Å². The number of hydrogen-bond donors (Lipinski definition) is 3. The Labute approximate surface area is 118 Å². The summed E-state index contributed by atoms with van der Waals surface area (Å²) in [6, 6.07) is 0.826. The van der Waals surface area contributed by atoms with E-state index in [9.17, 15) is 9.59 Å². The Hall–Kier alpha value is -1.98. The Kier molecular flexibility index (Phi) is 5.19. The van der Waals surface area contributed by atoms with E-state index in [0.717, 1.165) is 17.1 Å². The normalized spacial score (nSPS) is 15.2. The van der Waals surface area contributed by atoms with Gasteiger partial charge in [-0.2, -0.15) is 0 Å². The lowest BCUT2D eigenvalue weighted by Crippen LogP contribution is -2.45. The van der Waals surface area contributed by atoms with Gasteiger partial charge in [0.1, 0.15) is 11.5 Å². The number of furan rings is 1. The van der Waals surface area contributed by atoms with E-state index < -0.39 is 24.0 Å². The molecule has 6 heteroatoms. The number of aliphatic carboxylic acids is 1. The van der Waals surface area contributed by atoms with Crippen molar-refractivity contribution in [1.82, 2.24) is 10.6 Å². The second-order valence-corrected chi connectivity index (χ2v) is 5.12. The molecule has 3 unspecified atom stereocenters. The summed E-state index contributed by atoms with van der Waals surface area (Å²) in [6.07, 6.45) is 0. The third-order valence-electron chi connectivity index (χ3n) is 3.39. The van der Waals surface area contributed by atoms with Crippen LogP contribution in [0.15, 0.2) is 10.5 Å². The number of amides is 2. The monoisotopic (exact) mass is 282 g/mol. The van der Waals surface area contributed by atoms with Crippen LogP contribution in [0.2, 0.25) is 0 Å². The van der Waals surface area contributed by atoms with Crippen LogP contribution < -0.4 is 10.6 Å². The molecule has 3 N–H and O–H groups in total. The molecule has 0 saturated carbocycles. The third kappa shape index (κ3) is 4.01. The molecule has 1 heterocycles. The van der Waals surface area contributed by atoms with Gasteiger partial charge in [-0.15, -0.1) is 0 Å². The van der Waals surface area contributed by atoms with E-state index in [4.69, 9.17) is 9.52 Å². The minimum absolute atomic E-state index is 0.209. The molecule has 0 saturated heterocycles. The fourth-order valence-corrected chi connectivity index (χ4v) is 1.94. The summed E-state index contributed by atoms with van der Waals surface area (Å²) in [5, 5.41) is 14.3. The summed E-state index contributed by atoms with van der Waals surface area (Å²) in [5.74, 6) is -0.0252. The van der Waals surface area contributed by atoms with Gasteiger partial charge in [-0.3, -0.25) is 4.79 Å². The first-order valence-corrected chi connectivity index (χ1v) is 6.59. The van der Waals surface area contributed by atoms with E-state index in [1.165, 1.54) is 0 Å². The van der Waals surface area contributed by atoms with Crippen molar-refractivity contribution in [2.24, 2.45) is 5.92 Å². The predicted octanol–water partition coefficient (Wildman–Crippen LogP) is 2.37. The van der Waals surface area contributed by atoms with Gasteiger partial charge in [-0.05, 0) is 40.7 Å². The Balaban J connectivity index is 2.58. The SMILES string of the molecule is Cc1cc(C(C)NC(=O)NC(C)C(C)C(=O)O)c(C)o1. The molecule has 20 heavy (non-hydrogen) atoms. The molecule has 0 aliphatic heterocycles. The molecular weight excluding hydrogens is 260 g/mol. The van der Waals surface area contributed by atoms with Crippen molar-refractivity contribution in [3.05, 3.63) is 23.2 Å². The van der Waals surface area contributed by atoms with Crippen LogP contribution in [0.4, 0.5) is 4.79 Å². The molecule has 6 nitrogen and oxygen atoms in total. The summed E-state index contributed by atoms with van der Waals surface area (Å²) >= 11 is 0. The van der Waals surface area contributed by atoms with Crippen LogP contribution in [0.5, 0.6) is 0 Å². The number of rotatable bonds is 5. The molecule has 112 valence electrons. The summed E-state index contributed by atoms with van der Waals surface area (Å²) in [4.78, 5) is 22.7. The van der Waals surface area contributed by atoms with E-state index in [2.05, 4.69) is 10.6 Å². The average molecular weight is 282 g/mol. The Bertz CT molecular complexity index is 495. The zero-order chi connectivity index (χ0) is 15.4. The zero-order valence-corrected chi connectivity index (χ0v) is 12.5. The lowest BCUT2D eigenvalue weighted by molar-refractivity contribution is -0.141. The lowest BCUT2D eigenvalue weighted by Gasteiger charge is -2.20. The van der Waals surface area contributed by atoms with Crippen LogP contribution >= 0.6 is 0 Å². The Morgan fingerprint density at radius 2 is 1.80 bits per heavy atom. The quantitative estimate of drug-likeness (QED) is 0.773. The van der Waals surface area contributed by atoms with Crippen molar-refractivity contribution >= 4 is 12.0 Å². The van der Waals surface area contributed by atoms with Crippen LogP contribution in [0, 0.1) is 19.8 Å². The number of carboxylic acid groups (broad SMARTS) is 1. The van der Waals surface area contributed by atoms with Gasteiger partial charge in [0.05, 0.1) is 12.0 Å². The van der Waals surface area contributed by atoms with Gasteiger partial charge < -0.3 is 20.2 Å². The van der Waals surface area contributed by atoms with Crippen LogP contribution in [0.3, 0.4) is 0 Å². The highest BCUT2D eigenvalue weighted by atomic mass is 16.4. The molecule has 0 aliphatic rings. The highest BCUT2D eigenvalue weighted by Crippen LogP contribution is 2.20. The Morgan fingerprint density at radius 3 is 2.25 bits per heavy atom. The minimum Gasteiger partial charge on any atom is -0.481 e. The second-order valence-electron chi connectivity index (χ2n) is 5.12. The highest BCUT2D eigenvalue weighted by molar-refractivity contribution is 5.76. The van der Waals surface area contributed by atoms with Gasteiger partial charge in [-0.25, -0.2) is 4.79 Å². The molecular formula is C14H22N2O4. The van der Waals surface area contributed by atoms with Crippen molar-refractivity contribution in [3.8, 4) is 0 Å². The molecule has 2 amide bonds. The Morgan fingerprint density at radius 1 is 1.20 bits per heavy atom. The number of hydrogen-bond acceptors (Lipinski definition) is 3. The topological polar surface area (TPSA) is 91.6 Å². The number of carboxylic acids is 1. The van der Waals surface area contributed by atoms with Crippen LogP contribution in [-0.2, 0) is 4.79 Å². The summed E-state index contributed by atoms with van der Waals surface area (Å²) in [6.45, 7) is 8.76. The first-order valence-electron chi connectivity index (χ1n) is 6.59. The van der Waals surface area contributed by atoms with E-state index in [1.807, 2.05) is 26.8 Å². The van der Waals surface area contributed by atoms with E-state index in [0.29, 0.717) is 0 Å². The second kappa shape index (κ2) is 6.45. The smallest absolute Gasteiger partial charge is 0.315 e. The van der Waals surface area contributed by atoms with Crippen LogP contribution in [-0.4, -0.2) is 23.1 Å². The minimum atomic E-state index is -0.938. The average Bonchev–Trinajstić information content (AvgIpc) is 2.66. The van der Waals surface area contributed by atoms with Crippen molar-refractivity contribution in [1.29, 1.82) is 0 Å². The molecule has 0 aromatic carbocycles. The first kappa shape index (κ1) is 16.1. The number of carbonyl (C=O) groups is 2. The summed E-state index contributed by atoms with van der Waals surface area (Å²) in [7, 11) is 0. The lowest BCUT2D eigenvalue weighted by atomic mass is 10.0. The van der Waals surface area contributed by atoms with Gasteiger partial charge in [0, 0.05) is 11.6 Å². The standard InChI is InChI=1S/C14H22N2O4/c1-7-6-12(11(5)20-7)10(4)16-14(19)15-9(3)8(2)13(17)18/h6,8-10H,1-5H3,(H,17,18)(H2,15,16,19). The van der Waals surface area contributed by atoms with Gasteiger partial charge in [0.25, 0.3) is 0 Å². The fraction of sp³-hybridized carbons (Fsp3) is 0.571. The van der Waals surface area contributed by atoms with Crippen molar-refractivity contribution < 1.29 is 19.1 Å². The summed E-state index contributed by atoms with van der Waals surface area (Å²) in [5.41, 5.74) is 0.914. The summed E-state index contributed by atoms with van der Waals surface area (Å²) < 4.78 is 5.42. The molecule has 0 spiro atoms. The van der Waals surface area contributed by atoms with Crippen LogP contribution in [0.1, 0.15) is 43.9 Å². The number of carbonyl (C=O) groups excluding carboxylic acids is 1. The number of aryl methyl sites for hydroxylation is 2. The van der Waals surface area contributed by atoms with Crippen LogP contribution in [0.25, 0.3) is 0 Å². The zero-order valence-electron chi connectivity index (χ0n) is 12.5. The molecule has 1 aromatic rings. The molecule has 0 aliphatic carbocycles. The predicted molar refractivity (Wildman–Crippen MR) is 74.5 cm³/mol. The maximum Gasteiger partial charge on any atom is 0.315 e. The molecule has 1 aromatic heterocycles. The maximum absolute atomic E-state index is 11.8. The van der Waals surface area contributed by atoms with E-state index in [1.54, 1.807) is 13.8 Å². The molecule has 1 rings (SSSR count).